The third-order valence-corrected chi connectivity index (χ3v) is 5.62. The van der Waals surface area contributed by atoms with Crippen LogP contribution < -0.4 is 10.1 Å². The average molecular weight is 336 g/mol. The van der Waals surface area contributed by atoms with E-state index in [-0.39, 0.29) is 18.4 Å². The summed E-state index contributed by atoms with van der Waals surface area (Å²) in [6.07, 6.45) is 5.32. The summed E-state index contributed by atoms with van der Waals surface area (Å²) >= 11 is 1.33. The molecular formula is C15H20N4O3S. The molecule has 23 heavy (non-hydrogen) atoms. The number of carbonyl (C=O) groups excluding carboxylic acids is 3. The van der Waals surface area contributed by atoms with Crippen LogP contribution in [0.2, 0.25) is 0 Å². The molecule has 1 N–H and O–H groups in total. The Hall–Kier alpha value is -1.96. The van der Waals surface area contributed by atoms with E-state index in [1.165, 1.54) is 11.3 Å². The van der Waals surface area contributed by atoms with Gasteiger partial charge >= 0.3 is 6.03 Å². The van der Waals surface area contributed by atoms with Crippen LogP contribution in [0, 0.1) is 5.92 Å². The molecule has 1 saturated heterocycles. The summed E-state index contributed by atoms with van der Waals surface area (Å²) in [6.45, 7) is 1.68. The minimum atomic E-state index is -0.830. The van der Waals surface area contributed by atoms with Crippen LogP contribution in [0.1, 0.15) is 32.6 Å². The van der Waals surface area contributed by atoms with Gasteiger partial charge in [-0.15, -0.1) is 11.3 Å². The summed E-state index contributed by atoms with van der Waals surface area (Å²) in [5, 5.41) is 4.65. The van der Waals surface area contributed by atoms with Crippen molar-refractivity contribution in [2.75, 3.05) is 6.54 Å². The maximum absolute atomic E-state index is 12.8. The molecule has 124 valence electrons. The first-order valence-electron chi connectivity index (χ1n) is 7.76. The Morgan fingerprint density at radius 3 is 2.91 bits per heavy atom. The fourth-order valence-electron chi connectivity index (χ4n) is 3.35. The Bertz CT molecular complexity index is 722. The van der Waals surface area contributed by atoms with Gasteiger partial charge in [0.15, 0.2) is 4.80 Å². The van der Waals surface area contributed by atoms with Crippen molar-refractivity contribution in [2.24, 2.45) is 18.0 Å². The molecule has 3 rings (SSSR count). The normalized spacial score (nSPS) is 28.5. The number of urea groups is 1. The number of imide groups is 1. The van der Waals surface area contributed by atoms with Crippen LogP contribution in [0.3, 0.4) is 0 Å². The van der Waals surface area contributed by atoms with Crippen LogP contribution in [-0.4, -0.2) is 39.4 Å². The van der Waals surface area contributed by atoms with Crippen molar-refractivity contribution in [3.05, 3.63) is 16.4 Å². The number of amides is 4. The van der Waals surface area contributed by atoms with Crippen molar-refractivity contribution in [3.63, 3.8) is 0 Å². The molecule has 2 heterocycles. The summed E-state index contributed by atoms with van der Waals surface area (Å²) in [4.78, 5) is 42.6. The number of rotatable bonds is 2. The van der Waals surface area contributed by atoms with Crippen LogP contribution in [0.4, 0.5) is 4.79 Å². The standard InChI is InChI=1S/C15H20N4O3S/c1-10-5-3-4-6-15(10)12(21)19(13(22)17-15)9-11(20)16-14-18(2)7-8-23-14/h7-8,10H,3-6,9H2,1-2H3,(H,17,22). The molecule has 0 radical (unpaired) electrons. The van der Waals surface area contributed by atoms with E-state index in [1.54, 1.807) is 17.8 Å². The second-order valence-corrected chi connectivity index (χ2v) is 7.11. The maximum Gasteiger partial charge on any atom is 0.325 e. The van der Waals surface area contributed by atoms with E-state index < -0.39 is 17.5 Å². The maximum atomic E-state index is 12.8. The molecular weight excluding hydrogens is 316 g/mol. The molecule has 1 aromatic heterocycles. The molecule has 2 fully saturated rings. The first-order valence-corrected chi connectivity index (χ1v) is 8.64. The third-order valence-electron chi connectivity index (χ3n) is 4.77. The number of carbonyl (C=O) groups is 3. The highest BCUT2D eigenvalue weighted by atomic mass is 32.1. The molecule has 7 nitrogen and oxygen atoms in total. The van der Waals surface area contributed by atoms with Gasteiger partial charge in [-0.3, -0.25) is 14.5 Å². The summed E-state index contributed by atoms with van der Waals surface area (Å²) in [7, 11) is 1.79. The Morgan fingerprint density at radius 1 is 1.48 bits per heavy atom. The average Bonchev–Trinajstić information content (AvgIpc) is 3.00. The minimum absolute atomic E-state index is 0.0832. The van der Waals surface area contributed by atoms with Gasteiger partial charge in [0.25, 0.3) is 11.8 Å². The second kappa shape index (κ2) is 5.92. The van der Waals surface area contributed by atoms with Crippen LogP contribution in [-0.2, 0) is 16.6 Å². The van der Waals surface area contributed by atoms with E-state index in [0.29, 0.717) is 11.2 Å². The lowest BCUT2D eigenvalue weighted by Gasteiger charge is -2.36. The minimum Gasteiger partial charge on any atom is -0.327 e. The molecule has 8 heteroatoms. The van der Waals surface area contributed by atoms with Crippen LogP contribution >= 0.6 is 11.3 Å². The Kier molecular flexibility index (Phi) is 4.09. The van der Waals surface area contributed by atoms with Gasteiger partial charge in [-0.1, -0.05) is 19.8 Å². The van der Waals surface area contributed by atoms with Crippen LogP contribution in [0.25, 0.3) is 0 Å². The molecule has 1 aliphatic carbocycles. The lowest BCUT2D eigenvalue weighted by molar-refractivity contribution is -0.136. The molecule has 1 spiro atoms. The highest BCUT2D eigenvalue weighted by Gasteiger charge is 2.55. The number of hydrogen-bond donors (Lipinski definition) is 1. The van der Waals surface area contributed by atoms with Crippen molar-refractivity contribution in [2.45, 2.75) is 38.1 Å². The van der Waals surface area contributed by atoms with E-state index in [1.807, 2.05) is 12.3 Å². The molecule has 1 aliphatic heterocycles. The number of nitrogens with one attached hydrogen (secondary N) is 1. The van der Waals surface area contributed by atoms with Gasteiger partial charge in [-0.05, 0) is 18.8 Å². The zero-order valence-electron chi connectivity index (χ0n) is 13.2. The first-order chi connectivity index (χ1) is 10.9. The van der Waals surface area contributed by atoms with Gasteiger partial charge in [-0.2, -0.15) is 4.99 Å². The van der Waals surface area contributed by atoms with E-state index in [0.717, 1.165) is 24.2 Å². The summed E-state index contributed by atoms with van der Waals surface area (Å²) in [5.74, 6) is -0.694. The molecule has 1 saturated carbocycles. The Balaban J connectivity index is 1.79. The fourth-order valence-corrected chi connectivity index (χ4v) is 4.10. The number of thiazole rings is 1. The van der Waals surface area contributed by atoms with Gasteiger partial charge in [-0.25, -0.2) is 4.79 Å². The monoisotopic (exact) mass is 336 g/mol. The molecule has 1 aromatic rings. The highest BCUT2D eigenvalue weighted by molar-refractivity contribution is 7.07. The zero-order valence-corrected chi connectivity index (χ0v) is 14.1. The largest absolute Gasteiger partial charge is 0.327 e. The first kappa shape index (κ1) is 15.9. The molecule has 0 aromatic carbocycles. The molecule has 2 aliphatic rings. The van der Waals surface area contributed by atoms with Crippen LogP contribution in [0.5, 0.6) is 0 Å². The fraction of sp³-hybridized carbons (Fsp3) is 0.600. The van der Waals surface area contributed by atoms with Gasteiger partial charge < -0.3 is 9.88 Å². The van der Waals surface area contributed by atoms with Crippen molar-refractivity contribution in [1.29, 1.82) is 0 Å². The van der Waals surface area contributed by atoms with Gasteiger partial charge in [0.05, 0.1) is 0 Å². The second-order valence-electron chi connectivity index (χ2n) is 6.24. The molecule has 2 unspecified atom stereocenters. The van der Waals surface area contributed by atoms with Crippen molar-refractivity contribution in [3.8, 4) is 0 Å². The summed E-state index contributed by atoms with van der Waals surface area (Å²) < 4.78 is 1.72. The predicted molar refractivity (Wildman–Crippen MR) is 84.5 cm³/mol. The third kappa shape index (κ3) is 2.71. The quantitative estimate of drug-likeness (QED) is 0.818. The topological polar surface area (TPSA) is 83.8 Å². The van der Waals surface area contributed by atoms with Crippen molar-refractivity contribution < 1.29 is 14.4 Å². The lowest BCUT2D eigenvalue weighted by Crippen LogP contribution is -2.54. The number of nitrogens with zero attached hydrogens (tertiary/aromatic N) is 3. The summed E-state index contributed by atoms with van der Waals surface area (Å²) in [5.41, 5.74) is -0.830. The molecule has 2 atom stereocenters. The van der Waals surface area contributed by atoms with Crippen molar-refractivity contribution in [1.82, 2.24) is 14.8 Å². The smallest absolute Gasteiger partial charge is 0.325 e. The van der Waals surface area contributed by atoms with Gasteiger partial charge in [0.1, 0.15) is 12.1 Å². The predicted octanol–water partition coefficient (Wildman–Crippen LogP) is 1.01. The SMILES string of the molecule is CC1CCCCC12NC(=O)N(CC(=O)N=c1sccn1C)C2=O. The Labute approximate surface area is 138 Å². The highest BCUT2D eigenvalue weighted by Crippen LogP contribution is 2.38. The molecule has 4 amide bonds. The van der Waals surface area contributed by atoms with Gasteiger partial charge in [0, 0.05) is 18.6 Å². The van der Waals surface area contributed by atoms with E-state index >= 15 is 0 Å². The lowest BCUT2D eigenvalue weighted by atomic mass is 9.73. The van der Waals surface area contributed by atoms with Crippen LogP contribution in [0.15, 0.2) is 16.6 Å². The number of hydrogen-bond acceptors (Lipinski definition) is 4. The van der Waals surface area contributed by atoms with E-state index in [4.69, 9.17) is 0 Å². The molecule has 0 bridgehead atoms. The van der Waals surface area contributed by atoms with E-state index in [2.05, 4.69) is 10.3 Å². The zero-order chi connectivity index (χ0) is 16.6. The van der Waals surface area contributed by atoms with Gasteiger partial charge in [0.2, 0.25) is 0 Å². The number of aryl methyl sites for hydroxylation is 1. The summed E-state index contributed by atoms with van der Waals surface area (Å²) in [6, 6.07) is -0.483. The Morgan fingerprint density at radius 2 is 2.26 bits per heavy atom. The van der Waals surface area contributed by atoms with E-state index in [9.17, 15) is 14.4 Å². The number of aromatic nitrogens is 1. The van der Waals surface area contributed by atoms with Crippen molar-refractivity contribution >= 4 is 29.2 Å².